The predicted molar refractivity (Wildman–Crippen MR) is 101 cm³/mol. The van der Waals surface area contributed by atoms with E-state index >= 15 is 0 Å². The maximum Gasteiger partial charge on any atom is 0.432 e. The van der Waals surface area contributed by atoms with Gasteiger partial charge in [-0.1, -0.05) is 5.16 Å². The van der Waals surface area contributed by atoms with Crippen LogP contribution in [0.1, 0.15) is 36.1 Å². The third-order valence-electron chi connectivity index (χ3n) is 6.05. The fraction of sp³-hybridized carbons (Fsp3) is 0.684. The number of hydrogen-bond donors (Lipinski definition) is 2. The van der Waals surface area contributed by atoms with E-state index in [9.17, 15) is 18.0 Å². The quantitative estimate of drug-likeness (QED) is 0.701. The monoisotopic (exact) mass is 442 g/mol. The summed E-state index contributed by atoms with van der Waals surface area (Å²) >= 11 is 0. The number of aromatic nitrogens is 4. The van der Waals surface area contributed by atoms with Gasteiger partial charge in [0, 0.05) is 51.6 Å². The number of rotatable bonds is 6. The Morgan fingerprint density at radius 1 is 1.39 bits per heavy atom. The van der Waals surface area contributed by atoms with Crippen LogP contribution in [0.5, 0.6) is 0 Å². The summed E-state index contributed by atoms with van der Waals surface area (Å²) in [6.45, 7) is 4.51. The van der Waals surface area contributed by atoms with Crippen LogP contribution in [0.15, 0.2) is 10.7 Å². The molecule has 1 spiro atoms. The van der Waals surface area contributed by atoms with Gasteiger partial charge in [-0.3, -0.25) is 9.69 Å². The van der Waals surface area contributed by atoms with Crippen molar-refractivity contribution in [1.82, 2.24) is 30.3 Å². The molecule has 2 aromatic heterocycles. The molecule has 2 fully saturated rings. The largest absolute Gasteiger partial charge is 0.432 e. The van der Waals surface area contributed by atoms with Crippen molar-refractivity contribution in [2.45, 2.75) is 38.9 Å². The molecule has 0 radical (unpaired) electrons. The number of ether oxygens (including phenoxy) is 1. The Labute approximate surface area is 176 Å². The number of alkyl halides is 3. The Balaban J connectivity index is 1.40. The van der Waals surface area contributed by atoms with Gasteiger partial charge in [-0.25, -0.2) is 4.98 Å². The van der Waals surface area contributed by atoms with Crippen molar-refractivity contribution in [3.05, 3.63) is 29.4 Å². The fourth-order valence-corrected chi connectivity index (χ4v) is 4.50. The average Bonchev–Trinajstić information content (AvgIpc) is 3.42. The number of nitrogens with zero attached hydrogens (tertiary/aromatic N) is 4. The number of halogens is 3. The predicted octanol–water partition coefficient (Wildman–Crippen LogP) is 1.71. The molecular formula is C19H25F3N6O3. The molecule has 2 aromatic rings. The van der Waals surface area contributed by atoms with E-state index in [2.05, 4.69) is 25.4 Å². The summed E-state index contributed by atoms with van der Waals surface area (Å²) in [7, 11) is 0. The van der Waals surface area contributed by atoms with Crippen molar-refractivity contribution >= 4 is 5.91 Å². The summed E-state index contributed by atoms with van der Waals surface area (Å²) in [5.74, 6) is 0.897. The zero-order valence-electron chi connectivity index (χ0n) is 17.2. The van der Waals surface area contributed by atoms with Crippen LogP contribution in [0, 0.1) is 18.3 Å². The number of aryl methyl sites for hydroxylation is 1. The van der Waals surface area contributed by atoms with Gasteiger partial charge < -0.3 is 19.6 Å². The molecule has 0 aromatic carbocycles. The first-order valence-corrected chi connectivity index (χ1v) is 10.2. The highest BCUT2D eigenvalue weighted by atomic mass is 19.4. The van der Waals surface area contributed by atoms with Crippen molar-refractivity contribution < 1.29 is 27.2 Å². The number of imidazole rings is 1. The molecule has 31 heavy (non-hydrogen) atoms. The van der Waals surface area contributed by atoms with E-state index in [1.54, 1.807) is 6.92 Å². The summed E-state index contributed by atoms with van der Waals surface area (Å²) < 4.78 is 49.0. The van der Waals surface area contributed by atoms with Gasteiger partial charge in [0.1, 0.15) is 11.5 Å². The lowest BCUT2D eigenvalue weighted by molar-refractivity contribution is -0.141. The van der Waals surface area contributed by atoms with Crippen LogP contribution in [0.4, 0.5) is 13.2 Å². The number of carbonyl (C=O) groups excluding carboxylic acids is 1. The van der Waals surface area contributed by atoms with Crippen LogP contribution in [0.3, 0.4) is 0 Å². The van der Waals surface area contributed by atoms with Gasteiger partial charge in [0.05, 0.1) is 18.7 Å². The summed E-state index contributed by atoms with van der Waals surface area (Å²) in [5, 5.41) is 6.78. The van der Waals surface area contributed by atoms with E-state index in [1.807, 2.05) is 4.90 Å². The Kier molecular flexibility index (Phi) is 6.02. The molecule has 1 amide bonds. The molecule has 1 atom stereocenters. The average molecular weight is 442 g/mol. The molecule has 12 heteroatoms. The molecule has 4 rings (SSSR count). The smallest absolute Gasteiger partial charge is 0.381 e. The van der Waals surface area contributed by atoms with Gasteiger partial charge in [-0.15, -0.1) is 0 Å². The van der Waals surface area contributed by atoms with E-state index in [0.29, 0.717) is 51.0 Å². The third kappa shape index (κ3) is 4.90. The van der Waals surface area contributed by atoms with Crippen molar-refractivity contribution in [3.63, 3.8) is 0 Å². The topological polar surface area (TPSA) is 109 Å². The van der Waals surface area contributed by atoms with Crippen LogP contribution in [0.25, 0.3) is 0 Å². The van der Waals surface area contributed by atoms with Gasteiger partial charge in [-0.2, -0.15) is 18.2 Å². The SMILES string of the molecule is Cc1nc(CCNC(=O)[C@@H]2CN(Cc3ncc(C(F)(F)F)[nH]3)CC23CCOCC3)no1. The molecule has 2 aliphatic rings. The van der Waals surface area contributed by atoms with Crippen LogP contribution in [0.2, 0.25) is 0 Å². The molecular weight excluding hydrogens is 417 g/mol. The summed E-state index contributed by atoms with van der Waals surface area (Å²) in [6, 6.07) is 0. The van der Waals surface area contributed by atoms with Gasteiger partial charge in [0.25, 0.3) is 0 Å². The Morgan fingerprint density at radius 3 is 2.81 bits per heavy atom. The third-order valence-corrected chi connectivity index (χ3v) is 6.05. The molecule has 2 saturated heterocycles. The highest BCUT2D eigenvalue weighted by Crippen LogP contribution is 2.44. The Morgan fingerprint density at radius 2 is 2.16 bits per heavy atom. The fourth-order valence-electron chi connectivity index (χ4n) is 4.50. The van der Waals surface area contributed by atoms with Crippen LogP contribution in [-0.2, 0) is 28.7 Å². The number of H-pyrrole nitrogens is 1. The summed E-state index contributed by atoms with van der Waals surface area (Å²) in [4.78, 5) is 25.4. The Hall–Kier alpha value is -2.47. The van der Waals surface area contributed by atoms with Crippen LogP contribution >= 0.6 is 0 Å². The molecule has 0 aliphatic carbocycles. The lowest BCUT2D eigenvalue weighted by Crippen LogP contribution is -2.44. The minimum atomic E-state index is -4.46. The zero-order valence-corrected chi connectivity index (χ0v) is 17.2. The van der Waals surface area contributed by atoms with Crippen molar-refractivity contribution in [1.29, 1.82) is 0 Å². The first-order chi connectivity index (χ1) is 14.7. The lowest BCUT2D eigenvalue weighted by Gasteiger charge is -2.37. The first-order valence-electron chi connectivity index (χ1n) is 10.2. The van der Waals surface area contributed by atoms with Crippen LogP contribution < -0.4 is 5.32 Å². The number of carbonyl (C=O) groups is 1. The van der Waals surface area contributed by atoms with Crippen LogP contribution in [-0.4, -0.2) is 63.8 Å². The lowest BCUT2D eigenvalue weighted by atomic mass is 9.72. The standard InChI is InChI=1S/C19H25F3N6O3/c1-12-25-15(27-31-12)2-5-23-17(29)13-9-28(11-18(13)3-6-30-7-4-18)10-16-24-8-14(26-16)19(20,21)22/h8,13H,2-7,9-11H2,1H3,(H,23,29)(H,24,26)/t13-/m0/s1. The maximum atomic E-state index is 13.0. The maximum absolute atomic E-state index is 13.0. The van der Waals surface area contributed by atoms with Crippen molar-refractivity contribution in [2.75, 3.05) is 32.8 Å². The summed E-state index contributed by atoms with van der Waals surface area (Å²) in [5.41, 5.74) is -1.13. The normalized spacial score (nSPS) is 21.6. The molecule has 9 nitrogen and oxygen atoms in total. The minimum Gasteiger partial charge on any atom is -0.381 e. The number of amides is 1. The second-order valence-corrected chi connectivity index (χ2v) is 8.21. The number of nitrogens with one attached hydrogen (secondary N) is 2. The van der Waals surface area contributed by atoms with Crippen molar-refractivity contribution in [3.8, 4) is 0 Å². The highest BCUT2D eigenvalue weighted by molar-refractivity contribution is 5.80. The van der Waals surface area contributed by atoms with Gasteiger partial charge in [0.2, 0.25) is 11.8 Å². The number of hydrogen-bond acceptors (Lipinski definition) is 7. The molecule has 0 unspecified atom stereocenters. The van der Waals surface area contributed by atoms with E-state index in [0.717, 1.165) is 19.0 Å². The second kappa shape index (κ2) is 8.58. The van der Waals surface area contributed by atoms with E-state index in [1.165, 1.54) is 0 Å². The number of likely N-dealkylation sites (tertiary alicyclic amines) is 1. The first kappa shape index (κ1) is 21.8. The molecule has 2 aliphatic heterocycles. The second-order valence-electron chi connectivity index (χ2n) is 8.21. The number of aromatic amines is 1. The molecule has 0 bridgehead atoms. The minimum absolute atomic E-state index is 0.0694. The van der Waals surface area contributed by atoms with Gasteiger partial charge in [-0.05, 0) is 12.8 Å². The molecule has 2 N–H and O–H groups in total. The molecule has 170 valence electrons. The van der Waals surface area contributed by atoms with Gasteiger partial charge in [0.15, 0.2) is 5.82 Å². The van der Waals surface area contributed by atoms with Gasteiger partial charge >= 0.3 is 6.18 Å². The highest BCUT2D eigenvalue weighted by Gasteiger charge is 2.50. The van der Waals surface area contributed by atoms with Crippen molar-refractivity contribution in [2.24, 2.45) is 11.3 Å². The Bertz CT molecular complexity index is 906. The van der Waals surface area contributed by atoms with E-state index < -0.39 is 11.9 Å². The zero-order chi connectivity index (χ0) is 22.1. The van der Waals surface area contributed by atoms with E-state index in [4.69, 9.17) is 9.26 Å². The molecule has 4 heterocycles. The summed E-state index contributed by atoms with van der Waals surface area (Å²) in [6.07, 6.45) is -1.73. The molecule has 0 saturated carbocycles. The van der Waals surface area contributed by atoms with E-state index in [-0.39, 0.29) is 29.6 Å².